The number of hydrogen-bond acceptors (Lipinski definition) is 4. The van der Waals surface area contributed by atoms with Crippen molar-refractivity contribution in [3.8, 4) is 6.07 Å². The van der Waals surface area contributed by atoms with E-state index in [4.69, 9.17) is 11.0 Å². The minimum Gasteiger partial charge on any atom is -0.398 e. The molecule has 1 aromatic rings. The summed E-state index contributed by atoms with van der Waals surface area (Å²) in [6, 6.07) is 7.69. The van der Waals surface area contributed by atoms with E-state index < -0.39 is 0 Å². The average Bonchev–Trinajstić information content (AvgIpc) is 2.57. The molecule has 5 nitrogen and oxygen atoms in total. The van der Waals surface area contributed by atoms with E-state index in [0.717, 1.165) is 30.8 Å². The van der Waals surface area contributed by atoms with Gasteiger partial charge < -0.3 is 16.0 Å². The summed E-state index contributed by atoms with van der Waals surface area (Å²) in [7, 11) is 0. The van der Waals surface area contributed by atoms with Crippen LogP contribution < -0.4 is 16.0 Å². The number of nitrogens with one attached hydrogen (secondary N) is 1. The van der Waals surface area contributed by atoms with E-state index in [0.29, 0.717) is 18.7 Å². The molecule has 1 heterocycles. The van der Waals surface area contributed by atoms with E-state index in [-0.39, 0.29) is 5.91 Å². The van der Waals surface area contributed by atoms with Crippen molar-refractivity contribution in [1.29, 1.82) is 5.26 Å². The van der Waals surface area contributed by atoms with Crippen LogP contribution in [0.15, 0.2) is 18.2 Å². The van der Waals surface area contributed by atoms with Gasteiger partial charge in [-0.3, -0.25) is 4.79 Å². The fourth-order valence-electron chi connectivity index (χ4n) is 2.05. The molecule has 94 valence electrons. The van der Waals surface area contributed by atoms with E-state index in [9.17, 15) is 4.79 Å². The number of carbonyl (C=O) groups is 1. The monoisotopic (exact) mass is 244 g/mol. The van der Waals surface area contributed by atoms with Crippen molar-refractivity contribution >= 4 is 17.3 Å². The summed E-state index contributed by atoms with van der Waals surface area (Å²) in [6.07, 6.45) is 1.21. The number of amides is 1. The maximum Gasteiger partial charge on any atom is 0.239 e. The van der Waals surface area contributed by atoms with Gasteiger partial charge in [-0.25, -0.2) is 0 Å². The van der Waals surface area contributed by atoms with Crippen LogP contribution in [0.25, 0.3) is 0 Å². The molecule has 0 radical (unpaired) electrons. The van der Waals surface area contributed by atoms with Gasteiger partial charge in [0.25, 0.3) is 0 Å². The lowest BCUT2D eigenvalue weighted by Gasteiger charge is -2.22. The van der Waals surface area contributed by atoms with Crippen molar-refractivity contribution < 1.29 is 4.79 Å². The van der Waals surface area contributed by atoms with Crippen LogP contribution in [0.1, 0.15) is 12.0 Å². The van der Waals surface area contributed by atoms with Gasteiger partial charge in [0.05, 0.1) is 19.0 Å². The molecular weight excluding hydrogens is 228 g/mol. The van der Waals surface area contributed by atoms with Crippen LogP contribution in [0.2, 0.25) is 0 Å². The summed E-state index contributed by atoms with van der Waals surface area (Å²) in [5, 5.41) is 11.6. The lowest BCUT2D eigenvalue weighted by molar-refractivity contribution is -0.119. The molecule has 3 N–H and O–H groups in total. The Balaban J connectivity index is 2.24. The van der Waals surface area contributed by atoms with E-state index in [1.165, 1.54) is 0 Å². The number of benzene rings is 1. The zero-order valence-electron chi connectivity index (χ0n) is 10.1. The van der Waals surface area contributed by atoms with Gasteiger partial charge in [0.2, 0.25) is 5.91 Å². The number of anilines is 2. The van der Waals surface area contributed by atoms with E-state index in [2.05, 4.69) is 11.4 Å². The molecule has 0 spiro atoms. The van der Waals surface area contributed by atoms with Gasteiger partial charge in [-0.05, 0) is 30.2 Å². The minimum absolute atomic E-state index is 0.0335. The highest BCUT2D eigenvalue weighted by molar-refractivity contribution is 5.82. The summed E-state index contributed by atoms with van der Waals surface area (Å²) in [4.78, 5) is 13.5. The Hall–Kier alpha value is -2.22. The van der Waals surface area contributed by atoms with Crippen molar-refractivity contribution in [2.45, 2.75) is 12.8 Å². The zero-order valence-corrected chi connectivity index (χ0v) is 10.1. The highest BCUT2D eigenvalue weighted by Crippen LogP contribution is 2.22. The van der Waals surface area contributed by atoms with Crippen LogP contribution in [-0.2, 0) is 11.2 Å². The number of nitriles is 1. The summed E-state index contributed by atoms with van der Waals surface area (Å²) in [6.45, 7) is 1.90. The van der Waals surface area contributed by atoms with Gasteiger partial charge in [0.15, 0.2) is 0 Å². The molecular formula is C13H16N4O. The van der Waals surface area contributed by atoms with Crippen molar-refractivity contribution in [2.75, 3.05) is 30.3 Å². The number of nitrogens with zero attached hydrogens (tertiary/aromatic N) is 2. The van der Waals surface area contributed by atoms with Gasteiger partial charge in [-0.1, -0.05) is 0 Å². The number of carbonyl (C=O) groups excluding carboxylic acids is 1. The van der Waals surface area contributed by atoms with Crippen LogP contribution >= 0.6 is 0 Å². The number of nitrogen functional groups attached to an aromatic ring is 1. The van der Waals surface area contributed by atoms with E-state index in [1.54, 1.807) is 6.07 Å². The third kappa shape index (κ3) is 2.72. The molecule has 1 aromatic carbocycles. The molecule has 0 aliphatic carbocycles. The van der Waals surface area contributed by atoms with E-state index in [1.807, 2.05) is 17.0 Å². The van der Waals surface area contributed by atoms with Crippen molar-refractivity contribution in [3.05, 3.63) is 23.8 Å². The van der Waals surface area contributed by atoms with Crippen LogP contribution in [0.5, 0.6) is 0 Å². The Kier molecular flexibility index (Phi) is 3.68. The van der Waals surface area contributed by atoms with Gasteiger partial charge in [-0.2, -0.15) is 5.26 Å². The average molecular weight is 244 g/mol. The van der Waals surface area contributed by atoms with Crippen LogP contribution in [0.3, 0.4) is 0 Å². The predicted molar refractivity (Wildman–Crippen MR) is 70.0 cm³/mol. The smallest absolute Gasteiger partial charge is 0.239 e. The normalized spacial score (nSPS) is 15.7. The first kappa shape index (κ1) is 12.2. The SMILES string of the molecule is N#CCc1cc(N2CCCNC(=O)C2)ccc1N. The van der Waals surface area contributed by atoms with Crippen LogP contribution in [-0.4, -0.2) is 25.5 Å². The molecule has 1 amide bonds. The molecule has 1 fully saturated rings. The first-order valence-electron chi connectivity index (χ1n) is 5.97. The number of rotatable bonds is 2. The predicted octanol–water partition coefficient (Wildman–Crippen LogP) is 0.661. The molecule has 1 saturated heterocycles. The molecule has 1 aliphatic rings. The topological polar surface area (TPSA) is 82.2 Å². The molecule has 0 unspecified atom stereocenters. The Bertz CT molecular complexity index is 492. The summed E-state index contributed by atoms with van der Waals surface area (Å²) < 4.78 is 0. The molecule has 1 aliphatic heterocycles. The van der Waals surface area contributed by atoms with Crippen molar-refractivity contribution in [2.24, 2.45) is 0 Å². The molecule has 2 rings (SSSR count). The van der Waals surface area contributed by atoms with Crippen molar-refractivity contribution in [3.63, 3.8) is 0 Å². The van der Waals surface area contributed by atoms with Gasteiger partial charge in [0.1, 0.15) is 0 Å². The molecule has 0 bridgehead atoms. The second kappa shape index (κ2) is 5.41. The summed E-state index contributed by atoms with van der Waals surface area (Å²) >= 11 is 0. The molecule has 0 atom stereocenters. The Morgan fingerprint density at radius 1 is 1.50 bits per heavy atom. The fraction of sp³-hybridized carbons (Fsp3) is 0.385. The van der Waals surface area contributed by atoms with Gasteiger partial charge in [0, 0.05) is 24.5 Å². The largest absolute Gasteiger partial charge is 0.398 e. The maximum absolute atomic E-state index is 11.5. The lowest BCUT2D eigenvalue weighted by Crippen LogP contribution is -2.33. The number of hydrogen-bond donors (Lipinski definition) is 2. The summed E-state index contributed by atoms with van der Waals surface area (Å²) in [5.74, 6) is 0.0335. The summed E-state index contributed by atoms with van der Waals surface area (Å²) in [5.41, 5.74) is 8.21. The quantitative estimate of drug-likeness (QED) is 0.749. The first-order valence-corrected chi connectivity index (χ1v) is 5.97. The maximum atomic E-state index is 11.5. The molecule has 18 heavy (non-hydrogen) atoms. The van der Waals surface area contributed by atoms with Crippen LogP contribution in [0.4, 0.5) is 11.4 Å². The third-order valence-electron chi connectivity index (χ3n) is 3.02. The highest BCUT2D eigenvalue weighted by Gasteiger charge is 2.15. The molecule has 0 aromatic heterocycles. The molecule has 0 saturated carbocycles. The minimum atomic E-state index is 0.0335. The highest BCUT2D eigenvalue weighted by atomic mass is 16.2. The molecule has 5 heteroatoms. The zero-order chi connectivity index (χ0) is 13.0. The van der Waals surface area contributed by atoms with Crippen molar-refractivity contribution in [1.82, 2.24) is 5.32 Å². The number of nitrogens with two attached hydrogens (primary N) is 1. The van der Waals surface area contributed by atoms with Gasteiger partial charge in [-0.15, -0.1) is 0 Å². The van der Waals surface area contributed by atoms with Gasteiger partial charge >= 0.3 is 0 Å². The van der Waals surface area contributed by atoms with Crippen LogP contribution in [0, 0.1) is 11.3 Å². The second-order valence-corrected chi connectivity index (χ2v) is 4.34. The third-order valence-corrected chi connectivity index (χ3v) is 3.02. The Labute approximate surface area is 106 Å². The standard InChI is InChI=1S/C13H16N4O/c14-5-4-10-8-11(2-3-12(10)15)17-7-1-6-16-13(18)9-17/h2-3,8H,1,4,6-7,9,15H2,(H,16,18). The second-order valence-electron chi connectivity index (χ2n) is 4.34. The first-order chi connectivity index (χ1) is 8.70. The van der Waals surface area contributed by atoms with E-state index >= 15 is 0 Å². The Morgan fingerprint density at radius 2 is 2.33 bits per heavy atom. The Morgan fingerprint density at radius 3 is 3.11 bits per heavy atom. The lowest BCUT2D eigenvalue weighted by atomic mass is 10.1. The fourth-order valence-corrected chi connectivity index (χ4v) is 2.05.